The molecule has 8 heteroatoms. The SMILES string of the molecule is O=[N+]([O-])c1ccc(S(=O)(=O)N2CCC(N3CCCC3)CC2)cc1. The maximum absolute atomic E-state index is 12.6. The van der Waals surface area contributed by atoms with Crippen LogP contribution in [0.25, 0.3) is 0 Å². The van der Waals surface area contributed by atoms with E-state index in [2.05, 4.69) is 4.90 Å². The second-order valence-electron chi connectivity index (χ2n) is 6.13. The van der Waals surface area contributed by atoms with Gasteiger partial charge in [0.2, 0.25) is 10.0 Å². The minimum Gasteiger partial charge on any atom is -0.300 e. The predicted molar refractivity (Wildman–Crippen MR) is 85.7 cm³/mol. The van der Waals surface area contributed by atoms with Gasteiger partial charge in [0.05, 0.1) is 9.82 Å². The second kappa shape index (κ2) is 6.54. The van der Waals surface area contributed by atoms with E-state index in [0.29, 0.717) is 19.1 Å². The molecule has 0 aliphatic carbocycles. The van der Waals surface area contributed by atoms with E-state index < -0.39 is 14.9 Å². The Hall–Kier alpha value is -1.51. The number of nitro groups is 1. The third kappa shape index (κ3) is 3.39. The van der Waals surface area contributed by atoms with Crippen LogP contribution in [0.15, 0.2) is 29.2 Å². The highest BCUT2D eigenvalue weighted by atomic mass is 32.2. The topological polar surface area (TPSA) is 83.8 Å². The van der Waals surface area contributed by atoms with Crippen molar-refractivity contribution < 1.29 is 13.3 Å². The van der Waals surface area contributed by atoms with Crippen molar-refractivity contribution in [3.63, 3.8) is 0 Å². The lowest BCUT2D eigenvalue weighted by Gasteiger charge is -2.36. The number of non-ortho nitro benzene ring substituents is 1. The molecule has 23 heavy (non-hydrogen) atoms. The molecule has 0 saturated carbocycles. The van der Waals surface area contributed by atoms with Crippen molar-refractivity contribution in [2.75, 3.05) is 26.2 Å². The molecule has 2 aliphatic rings. The summed E-state index contributed by atoms with van der Waals surface area (Å²) >= 11 is 0. The Labute approximate surface area is 136 Å². The smallest absolute Gasteiger partial charge is 0.269 e. The van der Waals surface area contributed by atoms with E-state index >= 15 is 0 Å². The largest absolute Gasteiger partial charge is 0.300 e. The number of hydrogen-bond donors (Lipinski definition) is 0. The molecule has 2 saturated heterocycles. The highest BCUT2D eigenvalue weighted by Gasteiger charge is 2.32. The van der Waals surface area contributed by atoms with Crippen LogP contribution < -0.4 is 0 Å². The molecule has 2 aliphatic heterocycles. The van der Waals surface area contributed by atoms with Gasteiger partial charge in [0, 0.05) is 31.3 Å². The van der Waals surface area contributed by atoms with Gasteiger partial charge in [-0.3, -0.25) is 10.1 Å². The molecule has 0 N–H and O–H groups in total. The van der Waals surface area contributed by atoms with Gasteiger partial charge in [-0.1, -0.05) is 0 Å². The lowest BCUT2D eigenvalue weighted by molar-refractivity contribution is -0.384. The summed E-state index contributed by atoms with van der Waals surface area (Å²) in [6.07, 6.45) is 4.18. The van der Waals surface area contributed by atoms with E-state index in [9.17, 15) is 18.5 Å². The van der Waals surface area contributed by atoms with Crippen molar-refractivity contribution in [1.82, 2.24) is 9.21 Å². The van der Waals surface area contributed by atoms with Crippen LogP contribution >= 0.6 is 0 Å². The van der Waals surface area contributed by atoms with Crippen molar-refractivity contribution in [2.24, 2.45) is 0 Å². The summed E-state index contributed by atoms with van der Waals surface area (Å²) in [6.45, 7) is 3.28. The van der Waals surface area contributed by atoms with Crippen molar-refractivity contribution in [2.45, 2.75) is 36.6 Å². The van der Waals surface area contributed by atoms with Gasteiger partial charge in [0.25, 0.3) is 5.69 Å². The maximum Gasteiger partial charge on any atom is 0.269 e. The van der Waals surface area contributed by atoms with Crippen LogP contribution in [0.4, 0.5) is 5.69 Å². The highest BCUT2D eigenvalue weighted by Crippen LogP contribution is 2.26. The molecule has 2 fully saturated rings. The first-order chi connectivity index (χ1) is 11.0. The zero-order valence-electron chi connectivity index (χ0n) is 12.9. The Morgan fingerprint density at radius 1 is 1.00 bits per heavy atom. The summed E-state index contributed by atoms with van der Waals surface area (Å²) in [5.41, 5.74) is -0.100. The van der Waals surface area contributed by atoms with Crippen LogP contribution in [0, 0.1) is 10.1 Å². The minimum absolute atomic E-state index is 0.100. The molecule has 2 heterocycles. The first kappa shape index (κ1) is 16.4. The van der Waals surface area contributed by atoms with E-state index in [1.165, 1.54) is 41.4 Å². The molecule has 7 nitrogen and oxygen atoms in total. The summed E-state index contributed by atoms with van der Waals surface area (Å²) in [5.74, 6) is 0. The fourth-order valence-corrected chi connectivity index (χ4v) is 4.91. The average Bonchev–Trinajstić information content (AvgIpc) is 3.09. The van der Waals surface area contributed by atoms with Gasteiger partial charge in [0.15, 0.2) is 0 Å². The van der Waals surface area contributed by atoms with Gasteiger partial charge < -0.3 is 4.90 Å². The van der Waals surface area contributed by atoms with Crippen LogP contribution in [-0.2, 0) is 10.0 Å². The number of hydrogen-bond acceptors (Lipinski definition) is 5. The second-order valence-corrected chi connectivity index (χ2v) is 8.07. The van der Waals surface area contributed by atoms with Gasteiger partial charge in [-0.05, 0) is 50.9 Å². The molecule has 0 spiro atoms. The molecule has 0 amide bonds. The van der Waals surface area contributed by atoms with Crippen molar-refractivity contribution in [3.05, 3.63) is 34.4 Å². The molecule has 126 valence electrons. The molecular weight excluding hydrogens is 318 g/mol. The number of piperidine rings is 1. The molecule has 0 aromatic heterocycles. The van der Waals surface area contributed by atoms with Gasteiger partial charge in [-0.15, -0.1) is 0 Å². The van der Waals surface area contributed by atoms with E-state index in [1.54, 1.807) is 0 Å². The van der Waals surface area contributed by atoms with Crippen LogP contribution in [0.3, 0.4) is 0 Å². The zero-order chi connectivity index (χ0) is 16.4. The third-order valence-corrected chi connectivity index (χ3v) is 6.68. The molecule has 1 aromatic rings. The first-order valence-corrected chi connectivity index (χ1v) is 9.41. The van der Waals surface area contributed by atoms with E-state index in [1.807, 2.05) is 0 Å². The van der Waals surface area contributed by atoms with Crippen molar-refractivity contribution >= 4 is 15.7 Å². The Morgan fingerprint density at radius 2 is 1.57 bits per heavy atom. The molecular formula is C15H21N3O4S. The molecule has 1 aromatic carbocycles. The minimum atomic E-state index is -3.56. The standard InChI is InChI=1S/C15H21N3O4S/c19-18(20)14-3-5-15(6-4-14)23(21,22)17-11-7-13(8-12-17)16-9-1-2-10-16/h3-6,13H,1-2,7-12H2. The number of nitro benzene ring substituents is 1. The van der Waals surface area contributed by atoms with Crippen molar-refractivity contribution in [3.8, 4) is 0 Å². The van der Waals surface area contributed by atoms with Crippen LogP contribution in [0.5, 0.6) is 0 Å². The van der Waals surface area contributed by atoms with Crippen LogP contribution in [-0.4, -0.2) is 54.8 Å². The normalized spacial score (nSPS) is 21.6. The molecule has 0 radical (unpaired) electrons. The summed E-state index contributed by atoms with van der Waals surface area (Å²) < 4.78 is 26.8. The monoisotopic (exact) mass is 339 g/mol. The molecule has 0 unspecified atom stereocenters. The number of likely N-dealkylation sites (tertiary alicyclic amines) is 1. The number of sulfonamides is 1. The fourth-order valence-electron chi connectivity index (χ4n) is 3.44. The third-order valence-electron chi connectivity index (χ3n) is 4.77. The lowest BCUT2D eigenvalue weighted by atomic mass is 10.1. The Morgan fingerprint density at radius 3 is 2.09 bits per heavy atom. The summed E-state index contributed by atoms with van der Waals surface area (Å²) in [6, 6.07) is 5.61. The lowest BCUT2D eigenvalue weighted by Crippen LogP contribution is -2.45. The Balaban J connectivity index is 1.67. The molecule has 0 bridgehead atoms. The van der Waals surface area contributed by atoms with E-state index in [-0.39, 0.29) is 10.6 Å². The van der Waals surface area contributed by atoms with Crippen LogP contribution in [0.1, 0.15) is 25.7 Å². The molecule has 0 atom stereocenters. The van der Waals surface area contributed by atoms with Gasteiger partial charge in [-0.25, -0.2) is 8.42 Å². The van der Waals surface area contributed by atoms with Gasteiger partial charge >= 0.3 is 0 Å². The van der Waals surface area contributed by atoms with Crippen LogP contribution in [0.2, 0.25) is 0 Å². The zero-order valence-corrected chi connectivity index (χ0v) is 13.7. The van der Waals surface area contributed by atoms with E-state index in [4.69, 9.17) is 0 Å². The molecule has 3 rings (SSSR count). The number of nitrogens with zero attached hydrogens (tertiary/aromatic N) is 3. The van der Waals surface area contributed by atoms with Crippen molar-refractivity contribution in [1.29, 1.82) is 0 Å². The quantitative estimate of drug-likeness (QED) is 0.617. The average molecular weight is 339 g/mol. The number of benzene rings is 1. The van der Waals surface area contributed by atoms with Gasteiger partial charge in [-0.2, -0.15) is 4.31 Å². The number of rotatable bonds is 4. The van der Waals surface area contributed by atoms with E-state index in [0.717, 1.165) is 25.9 Å². The predicted octanol–water partition coefficient (Wildman–Crippen LogP) is 1.84. The summed E-state index contributed by atoms with van der Waals surface area (Å²) in [7, 11) is -3.56. The maximum atomic E-state index is 12.6. The van der Waals surface area contributed by atoms with Gasteiger partial charge in [0.1, 0.15) is 0 Å². The summed E-state index contributed by atoms with van der Waals surface area (Å²) in [5, 5.41) is 10.7. The fraction of sp³-hybridized carbons (Fsp3) is 0.600. The summed E-state index contributed by atoms with van der Waals surface area (Å²) in [4.78, 5) is 12.7. The Bertz CT molecular complexity index is 660. The first-order valence-electron chi connectivity index (χ1n) is 7.97. The Kier molecular flexibility index (Phi) is 4.65. The highest BCUT2D eigenvalue weighted by molar-refractivity contribution is 7.89.